The molecule has 0 aromatic carbocycles. The van der Waals surface area contributed by atoms with Crippen molar-refractivity contribution in [1.82, 2.24) is 9.80 Å². The first-order valence-electron chi connectivity index (χ1n) is 8.80. The van der Waals surface area contributed by atoms with Gasteiger partial charge < -0.3 is 9.64 Å². The van der Waals surface area contributed by atoms with Crippen LogP contribution in [0.15, 0.2) is 0 Å². The third-order valence-corrected chi connectivity index (χ3v) is 4.58. The Bertz CT molecular complexity index is 374. The molecule has 2 aliphatic rings. The van der Waals surface area contributed by atoms with E-state index in [0.29, 0.717) is 26.2 Å². The van der Waals surface area contributed by atoms with E-state index in [0.717, 1.165) is 38.3 Å². The van der Waals surface area contributed by atoms with Gasteiger partial charge in [-0.25, -0.2) is 0 Å². The van der Waals surface area contributed by atoms with Crippen LogP contribution in [-0.2, 0) is 14.3 Å². The normalized spacial score (nSPS) is 19.5. The van der Waals surface area contributed by atoms with Crippen molar-refractivity contribution in [3.05, 3.63) is 0 Å². The molecule has 0 atom stereocenters. The standard InChI is InChI=1S/C17H30N2O3/c1-3-9-18(12-14-5-6-14)13-16(20)19-10-7-15(8-11-19)17(21)22-4-2/h14-15H,3-13H2,1-2H3. The minimum atomic E-state index is -0.101. The number of piperidine rings is 1. The number of nitrogens with zero attached hydrogens (tertiary/aromatic N) is 2. The van der Waals surface area contributed by atoms with Gasteiger partial charge >= 0.3 is 5.97 Å². The van der Waals surface area contributed by atoms with Crippen LogP contribution in [0.5, 0.6) is 0 Å². The minimum absolute atomic E-state index is 0.0257. The summed E-state index contributed by atoms with van der Waals surface area (Å²) in [7, 11) is 0. The molecule has 0 bridgehead atoms. The van der Waals surface area contributed by atoms with Crippen LogP contribution in [0.1, 0.15) is 46.0 Å². The summed E-state index contributed by atoms with van der Waals surface area (Å²) < 4.78 is 5.07. The predicted octanol–water partition coefficient (Wildman–Crippen LogP) is 1.91. The van der Waals surface area contributed by atoms with E-state index in [2.05, 4.69) is 11.8 Å². The molecular formula is C17H30N2O3. The zero-order valence-corrected chi connectivity index (χ0v) is 14.1. The second-order valence-corrected chi connectivity index (χ2v) is 6.59. The Morgan fingerprint density at radius 3 is 2.36 bits per heavy atom. The number of hydrogen-bond acceptors (Lipinski definition) is 4. The van der Waals surface area contributed by atoms with Crippen LogP contribution in [0.4, 0.5) is 0 Å². The Hall–Kier alpha value is -1.10. The fourth-order valence-corrected chi connectivity index (χ4v) is 3.13. The van der Waals surface area contributed by atoms with Crippen LogP contribution < -0.4 is 0 Å². The minimum Gasteiger partial charge on any atom is -0.466 e. The number of hydrogen-bond donors (Lipinski definition) is 0. The number of ether oxygens (including phenoxy) is 1. The van der Waals surface area contributed by atoms with Crippen LogP contribution in [0, 0.1) is 11.8 Å². The van der Waals surface area contributed by atoms with Crippen LogP contribution in [0.2, 0.25) is 0 Å². The summed E-state index contributed by atoms with van der Waals surface area (Å²) in [5.41, 5.74) is 0. The van der Waals surface area contributed by atoms with E-state index in [-0.39, 0.29) is 17.8 Å². The lowest BCUT2D eigenvalue weighted by molar-refractivity contribution is -0.151. The number of likely N-dealkylation sites (tertiary alicyclic amines) is 1. The molecule has 1 aliphatic heterocycles. The van der Waals surface area contributed by atoms with Gasteiger partial charge in [0.25, 0.3) is 0 Å². The predicted molar refractivity (Wildman–Crippen MR) is 85.4 cm³/mol. The van der Waals surface area contributed by atoms with Crippen molar-refractivity contribution in [3.8, 4) is 0 Å². The van der Waals surface area contributed by atoms with E-state index in [1.54, 1.807) is 0 Å². The smallest absolute Gasteiger partial charge is 0.309 e. The van der Waals surface area contributed by atoms with Crippen LogP contribution in [-0.4, -0.2) is 61.0 Å². The van der Waals surface area contributed by atoms with Crippen molar-refractivity contribution < 1.29 is 14.3 Å². The molecule has 1 aliphatic carbocycles. The Balaban J connectivity index is 1.74. The lowest BCUT2D eigenvalue weighted by Crippen LogP contribution is -2.45. The van der Waals surface area contributed by atoms with Crippen LogP contribution in [0.25, 0.3) is 0 Å². The van der Waals surface area contributed by atoms with Gasteiger partial charge in [0.05, 0.1) is 19.1 Å². The van der Waals surface area contributed by atoms with Gasteiger partial charge in [-0.3, -0.25) is 14.5 Å². The highest BCUT2D eigenvalue weighted by Crippen LogP contribution is 2.29. The second kappa shape index (κ2) is 8.51. The number of carbonyl (C=O) groups is 2. The average Bonchev–Trinajstić information content (AvgIpc) is 3.32. The highest BCUT2D eigenvalue weighted by atomic mass is 16.5. The maximum absolute atomic E-state index is 12.5. The Labute approximate surface area is 134 Å². The molecule has 2 fully saturated rings. The fourth-order valence-electron chi connectivity index (χ4n) is 3.13. The van der Waals surface area contributed by atoms with E-state index in [4.69, 9.17) is 4.74 Å². The van der Waals surface area contributed by atoms with Crippen molar-refractivity contribution in [2.45, 2.75) is 46.0 Å². The Morgan fingerprint density at radius 2 is 1.82 bits per heavy atom. The van der Waals surface area contributed by atoms with Gasteiger partial charge in [-0.05, 0) is 51.5 Å². The third kappa shape index (κ3) is 5.27. The number of carbonyl (C=O) groups excluding carboxylic acids is 2. The Morgan fingerprint density at radius 1 is 1.14 bits per heavy atom. The van der Waals surface area contributed by atoms with Gasteiger partial charge in [0.1, 0.15) is 0 Å². The SMILES string of the molecule is CCCN(CC(=O)N1CCC(C(=O)OCC)CC1)CC1CC1. The molecule has 0 N–H and O–H groups in total. The first-order valence-corrected chi connectivity index (χ1v) is 8.80. The molecule has 5 nitrogen and oxygen atoms in total. The Kier molecular flexibility index (Phi) is 6.68. The maximum atomic E-state index is 12.5. The van der Waals surface area contributed by atoms with Crippen molar-refractivity contribution in [2.75, 3.05) is 39.3 Å². The van der Waals surface area contributed by atoms with E-state index < -0.39 is 0 Å². The molecule has 1 amide bonds. The molecule has 0 aromatic rings. The molecule has 0 radical (unpaired) electrons. The maximum Gasteiger partial charge on any atom is 0.309 e. The third-order valence-electron chi connectivity index (χ3n) is 4.58. The van der Waals surface area contributed by atoms with Crippen LogP contribution >= 0.6 is 0 Å². The molecular weight excluding hydrogens is 280 g/mol. The quantitative estimate of drug-likeness (QED) is 0.643. The van der Waals surface area contributed by atoms with Gasteiger partial charge in [0.2, 0.25) is 5.91 Å². The summed E-state index contributed by atoms with van der Waals surface area (Å²) in [6.07, 6.45) is 5.20. The first kappa shape index (κ1) is 17.3. The van der Waals surface area contributed by atoms with Crippen molar-refractivity contribution in [1.29, 1.82) is 0 Å². The van der Waals surface area contributed by atoms with Gasteiger partial charge in [0, 0.05) is 19.6 Å². The summed E-state index contributed by atoms with van der Waals surface area (Å²) in [6.45, 7) is 8.41. The fraction of sp³-hybridized carbons (Fsp3) is 0.882. The van der Waals surface area contributed by atoms with Crippen molar-refractivity contribution in [3.63, 3.8) is 0 Å². The summed E-state index contributed by atoms with van der Waals surface area (Å²) >= 11 is 0. The summed E-state index contributed by atoms with van der Waals surface area (Å²) in [6, 6.07) is 0. The molecule has 22 heavy (non-hydrogen) atoms. The zero-order valence-electron chi connectivity index (χ0n) is 14.1. The monoisotopic (exact) mass is 310 g/mol. The molecule has 5 heteroatoms. The molecule has 1 saturated carbocycles. The van der Waals surface area contributed by atoms with Crippen molar-refractivity contribution >= 4 is 11.9 Å². The van der Waals surface area contributed by atoms with Crippen LogP contribution in [0.3, 0.4) is 0 Å². The van der Waals surface area contributed by atoms with E-state index in [9.17, 15) is 9.59 Å². The summed E-state index contributed by atoms with van der Waals surface area (Å²) in [5.74, 6) is 0.906. The molecule has 2 rings (SSSR count). The molecule has 126 valence electrons. The molecule has 1 saturated heterocycles. The van der Waals surface area contributed by atoms with E-state index in [1.165, 1.54) is 12.8 Å². The van der Waals surface area contributed by atoms with Gasteiger partial charge in [-0.2, -0.15) is 0 Å². The van der Waals surface area contributed by atoms with E-state index >= 15 is 0 Å². The molecule has 0 unspecified atom stereocenters. The molecule has 0 spiro atoms. The highest BCUT2D eigenvalue weighted by molar-refractivity contribution is 5.79. The van der Waals surface area contributed by atoms with Crippen molar-refractivity contribution in [2.24, 2.45) is 11.8 Å². The van der Waals surface area contributed by atoms with Gasteiger partial charge in [-0.15, -0.1) is 0 Å². The number of esters is 1. The first-order chi connectivity index (χ1) is 10.6. The number of amides is 1. The lowest BCUT2D eigenvalue weighted by atomic mass is 9.97. The molecule has 1 heterocycles. The largest absolute Gasteiger partial charge is 0.466 e. The lowest BCUT2D eigenvalue weighted by Gasteiger charge is -2.32. The second-order valence-electron chi connectivity index (χ2n) is 6.59. The highest BCUT2D eigenvalue weighted by Gasteiger charge is 2.30. The van der Waals surface area contributed by atoms with Gasteiger partial charge in [0.15, 0.2) is 0 Å². The molecule has 0 aromatic heterocycles. The number of rotatable bonds is 8. The average molecular weight is 310 g/mol. The van der Waals surface area contributed by atoms with Gasteiger partial charge in [-0.1, -0.05) is 6.92 Å². The summed E-state index contributed by atoms with van der Waals surface area (Å²) in [4.78, 5) is 28.4. The van der Waals surface area contributed by atoms with E-state index in [1.807, 2.05) is 11.8 Å². The summed E-state index contributed by atoms with van der Waals surface area (Å²) in [5, 5.41) is 0. The topological polar surface area (TPSA) is 49.9 Å². The zero-order chi connectivity index (χ0) is 15.9.